The van der Waals surface area contributed by atoms with Crippen molar-refractivity contribution in [2.75, 3.05) is 6.54 Å². The lowest BCUT2D eigenvalue weighted by Crippen LogP contribution is -2.20. The molecule has 1 N–H and O–H groups in total. The zero-order chi connectivity index (χ0) is 11.3. The molecule has 0 aliphatic carbocycles. The lowest BCUT2D eigenvalue weighted by atomic mass is 10.1. The lowest BCUT2D eigenvalue weighted by Gasteiger charge is -2.11. The van der Waals surface area contributed by atoms with Crippen LogP contribution in [0, 0.1) is 17.1 Å². The van der Waals surface area contributed by atoms with Gasteiger partial charge < -0.3 is 0 Å². The highest BCUT2D eigenvalue weighted by molar-refractivity contribution is 6.31. The van der Waals surface area contributed by atoms with Gasteiger partial charge in [-0.25, -0.2) is 4.39 Å². The third kappa shape index (κ3) is 3.05. The van der Waals surface area contributed by atoms with Crippen LogP contribution in [0.4, 0.5) is 4.39 Å². The molecule has 1 aromatic rings. The minimum atomic E-state index is -0.545. The van der Waals surface area contributed by atoms with Gasteiger partial charge in [-0.3, -0.25) is 5.32 Å². The molecule has 0 radical (unpaired) electrons. The van der Waals surface area contributed by atoms with E-state index in [0.29, 0.717) is 12.1 Å². The third-order valence-corrected chi connectivity index (χ3v) is 2.20. The van der Waals surface area contributed by atoms with Gasteiger partial charge in [-0.2, -0.15) is 5.26 Å². The highest BCUT2D eigenvalue weighted by Gasteiger charge is 2.12. The predicted octanol–water partition coefficient (Wildman–Crippen LogP) is 2.82. The van der Waals surface area contributed by atoms with Crippen molar-refractivity contribution in [2.24, 2.45) is 0 Å². The van der Waals surface area contributed by atoms with E-state index in [9.17, 15) is 4.39 Å². The molecule has 4 heteroatoms. The highest BCUT2D eigenvalue weighted by atomic mass is 35.5. The maximum absolute atomic E-state index is 12.8. The molecule has 0 heterocycles. The molecule has 0 saturated carbocycles. The summed E-state index contributed by atoms with van der Waals surface area (Å²) in [4.78, 5) is 0. The average molecular weight is 225 g/mol. The van der Waals surface area contributed by atoms with Crippen LogP contribution in [0.15, 0.2) is 30.9 Å². The van der Waals surface area contributed by atoms with Gasteiger partial charge in [0.25, 0.3) is 0 Å². The molecule has 15 heavy (non-hydrogen) atoms. The number of benzene rings is 1. The average Bonchev–Trinajstić information content (AvgIpc) is 2.21. The molecular formula is C11H10ClFN2. The molecule has 0 aliphatic heterocycles. The van der Waals surface area contributed by atoms with Crippen LogP contribution in [0.1, 0.15) is 11.6 Å². The summed E-state index contributed by atoms with van der Waals surface area (Å²) in [5.74, 6) is -0.413. The quantitative estimate of drug-likeness (QED) is 0.799. The van der Waals surface area contributed by atoms with E-state index >= 15 is 0 Å². The summed E-state index contributed by atoms with van der Waals surface area (Å²) < 4.78 is 12.8. The molecule has 1 rings (SSSR count). The Morgan fingerprint density at radius 3 is 2.93 bits per heavy atom. The van der Waals surface area contributed by atoms with Crippen molar-refractivity contribution < 1.29 is 4.39 Å². The van der Waals surface area contributed by atoms with Gasteiger partial charge in [0.2, 0.25) is 0 Å². The highest BCUT2D eigenvalue weighted by Crippen LogP contribution is 2.23. The molecule has 0 amide bonds. The Bertz CT molecular complexity index is 398. The maximum Gasteiger partial charge on any atom is 0.124 e. The van der Waals surface area contributed by atoms with Crippen LogP contribution in [-0.4, -0.2) is 6.54 Å². The van der Waals surface area contributed by atoms with E-state index in [1.165, 1.54) is 18.2 Å². The molecule has 0 bridgehead atoms. The zero-order valence-corrected chi connectivity index (χ0v) is 8.76. The Labute approximate surface area is 93.0 Å². The second-order valence-corrected chi connectivity index (χ2v) is 3.33. The molecule has 1 atom stereocenters. The number of hydrogen-bond acceptors (Lipinski definition) is 2. The predicted molar refractivity (Wildman–Crippen MR) is 58.0 cm³/mol. The van der Waals surface area contributed by atoms with Gasteiger partial charge in [-0.15, -0.1) is 6.58 Å². The Balaban J connectivity index is 2.92. The van der Waals surface area contributed by atoms with Gasteiger partial charge in [0.15, 0.2) is 0 Å². The minimum absolute atomic E-state index is 0.248. The van der Waals surface area contributed by atoms with E-state index in [4.69, 9.17) is 16.9 Å². The molecule has 1 unspecified atom stereocenters. The van der Waals surface area contributed by atoms with E-state index in [1.807, 2.05) is 6.07 Å². The molecule has 1 aromatic carbocycles. The Hall–Kier alpha value is -1.37. The lowest BCUT2D eigenvalue weighted by molar-refractivity contribution is 0.623. The van der Waals surface area contributed by atoms with E-state index in [1.54, 1.807) is 6.08 Å². The SMILES string of the molecule is C=CCNC(C#N)c1ccc(F)cc1Cl. The molecule has 2 nitrogen and oxygen atoms in total. The van der Waals surface area contributed by atoms with E-state index in [2.05, 4.69) is 11.9 Å². The molecule has 0 saturated heterocycles. The number of halogens is 2. The summed E-state index contributed by atoms with van der Waals surface area (Å²) >= 11 is 5.83. The summed E-state index contributed by atoms with van der Waals surface area (Å²) in [6, 6.07) is 5.47. The second kappa shape index (κ2) is 5.50. The van der Waals surface area contributed by atoms with Crippen LogP contribution in [-0.2, 0) is 0 Å². The standard InChI is InChI=1S/C11H10ClFN2/c1-2-5-15-11(7-14)9-4-3-8(13)6-10(9)12/h2-4,6,11,15H,1,5H2. The summed E-state index contributed by atoms with van der Waals surface area (Å²) in [6.07, 6.45) is 1.64. The van der Waals surface area contributed by atoms with E-state index in [-0.39, 0.29) is 5.02 Å². The van der Waals surface area contributed by atoms with Crippen molar-refractivity contribution >= 4 is 11.6 Å². The molecule has 0 fully saturated rings. The number of nitrogens with one attached hydrogen (secondary N) is 1. The van der Waals surface area contributed by atoms with Crippen molar-refractivity contribution in [3.8, 4) is 6.07 Å². The van der Waals surface area contributed by atoms with Crippen molar-refractivity contribution in [1.29, 1.82) is 5.26 Å². The second-order valence-electron chi connectivity index (χ2n) is 2.92. The summed E-state index contributed by atoms with van der Waals surface area (Å²) in [6.45, 7) is 4.02. The Kier molecular flexibility index (Phi) is 4.29. The van der Waals surface area contributed by atoms with Crippen LogP contribution >= 0.6 is 11.6 Å². The third-order valence-electron chi connectivity index (χ3n) is 1.87. The first-order valence-corrected chi connectivity index (χ1v) is 4.75. The number of nitrogens with zero attached hydrogens (tertiary/aromatic N) is 1. The van der Waals surface area contributed by atoms with Crippen LogP contribution in [0.25, 0.3) is 0 Å². The van der Waals surface area contributed by atoms with Crippen LogP contribution in [0.5, 0.6) is 0 Å². The van der Waals surface area contributed by atoms with Crippen LogP contribution in [0.2, 0.25) is 5.02 Å². The smallest absolute Gasteiger partial charge is 0.124 e. The Morgan fingerprint density at radius 1 is 1.67 bits per heavy atom. The monoisotopic (exact) mass is 224 g/mol. The zero-order valence-electron chi connectivity index (χ0n) is 8.00. The van der Waals surface area contributed by atoms with Gasteiger partial charge in [0.1, 0.15) is 11.9 Å². The minimum Gasteiger partial charge on any atom is -0.295 e. The van der Waals surface area contributed by atoms with Gasteiger partial charge in [-0.1, -0.05) is 23.7 Å². The summed E-state index contributed by atoms with van der Waals surface area (Å²) in [7, 11) is 0. The number of nitriles is 1. The van der Waals surface area contributed by atoms with Crippen LogP contribution in [0.3, 0.4) is 0 Å². The van der Waals surface area contributed by atoms with Gasteiger partial charge >= 0.3 is 0 Å². The van der Waals surface area contributed by atoms with Crippen LogP contribution < -0.4 is 5.32 Å². The van der Waals surface area contributed by atoms with Crippen molar-refractivity contribution in [1.82, 2.24) is 5.32 Å². The topological polar surface area (TPSA) is 35.8 Å². The van der Waals surface area contributed by atoms with Gasteiger partial charge in [-0.05, 0) is 12.1 Å². The first kappa shape index (κ1) is 11.7. The van der Waals surface area contributed by atoms with Crippen molar-refractivity contribution in [3.05, 3.63) is 47.3 Å². The number of hydrogen-bond donors (Lipinski definition) is 1. The fraction of sp³-hybridized carbons (Fsp3) is 0.182. The first-order chi connectivity index (χ1) is 7.19. The molecule has 0 aromatic heterocycles. The maximum atomic E-state index is 12.8. The van der Waals surface area contributed by atoms with E-state index < -0.39 is 11.9 Å². The largest absolute Gasteiger partial charge is 0.295 e. The Morgan fingerprint density at radius 2 is 2.40 bits per heavy atom. The molecule has 0 aliphatic rings. The van der Waals surface area contributed by atoms with Crippen molar-refractivity contribution in [3.63, 3.8) is 0 Å². The van der Waals surface area contributed by atoms with E-state index in [0.717, 1.165) is 0 Å². The fourth-order valence-electron chi connectivity index (χ4n) is 1.16. The first-order valence-electron chi connectivity index (χ1n) is 4.38. The molecule has 0 spiro atoms. The fourth-order valence-corrected chi connectivity index (χ4v) is 1.44. The van der Waals surface area contributed by atoms with Crippen molar-refractivity contribution in [2.45, 2.75) is 6.04 Å². The molecule has 78 valence electrons. The van der Waals surface area contributed by atoms with Gasteiger partial charge in [0, 0.05) is 17.1 Å². The normalized spacial score (nSPS) is 11.8. The summed E-state index contributed by atoms with van der Waals surface area (Å²) in [5.41, 5.74) is 0.572. The van der Waals surface area contributed by atoms with Gasteiger partial charge in [0.05, 0.1) is 6.07 Å². The number of rotatable bonds is 4. The molecular weight excluding hydrogens is 215 g/mol. The summed E-state index contributed by atoms with van der Waals surface area (Å²) in [5, 5.41) is 12.1.